The van der Waals surface area contributed by atoms with Gasteiger partial charge in [0.05, 0.1) is 23.0 Å². The van der Waals surface area contributed by atoms with E-state index in [4.69, 9.17) is 0 Å². The fourth-order valence-electron chi connectivity index (χ4n) is 3.76. The summed E-state index contributed by atoms with van der Waals surface area (Å²) in [6, 6.07) is 10.5. The summed E-state index contributed by atoms with van der Waals surface area (Å²) in [6.07, 6.45) is 9.64. The van der Waals surface area contributed by atoms with Gasteiger partial charge in [0.25, 0.3) is 0 Å². The Morgan fingerprint density at radius 2 is 1.96 bits per heavy atom. The van der Waals surface area contributed by atoms with Crippen LogP contribution in [-0.4, -0.2) is 26.7 Å². The van der Waals surface area contributed by atoms with Gasteiger partial charge in [-0.25, -0.2) is 4.68 Å². The number of rotatable bonds is 3. The predicted molar refractivity (Wildman–Crippen MR) is 100 cm³/mol. The molecule has 0 atom stereocenters. The number of nitrogens with zero attached hydrogens (tertiary/aromatic N) is 4. The third-order valence-corrected chi connectivity index (χ3v) is 5.42. The predicted octanol–water partition coefficient (Wildman–Crippen LogP) is 3.72. The lowest BCUT2D eigenvalue weighted by molar-refractivity contribution is -0.122. The Kier molecular flexibility index (Phi) is 3.11. The van der Waals surface area contributed by atoms with Crippen LogP contribution in [0.15, 0.2) is 55.1 Å². The van der Waals surface area contributed by atoms with Gasteiger partial charge in [0, 0.05) is 35.8 Å². The molecule has 1 amide bonds. The summed E-state index contributed by atoms with van der Waals surface area (Å²) < 4.78 is 1.86. The average molecular weight is 344 g/mol. The van der Waals surface area contributed by atoms with Crippen molar-refractivity contribution >= 4 is 11.6 Å². The summed E-state index contributed by atoms with van der Waals surface area (Å²) in [5.74, 6) is 0.212. The lowest BCUT2D eigenvalue weighted by Gasteiger charge is -2.19. The average Bonchev–Trinajstić information content (AvgIpc) is 3.31. The molecule has 1 aliphatic carbocycles. The minimum atomic E-state index is -0.457. The number of fused-ring (bicyclic) bond motifs is 1. The molecule has 5 rings (SSSR count). The maximum absolute atomic E-state index is 12.9. The highest BCUT2D eigenvalue weighted by Gasteiger charge is 2.49. The second kappa shape index (κ2) is 5.27. The maximum Gasteiger partial charge on any atom is 0.237 e. The van der Waals surface area contributed by atoms with Crippen LogP contribution in [0.4, 0.5) is 5.69 Å². The van der Waals surface area contributed by atoms with Crippen molar-refractivity contribution in [1.82, 2.24) is 14.8 Å². The van der Waals surface area contributed by atoms with E-state index in [2.05, 4.69) is 22.2 Å². The smallest absolute Gasteiger partial charge is 0.237 e. The van der Waals surface area contributed by atoms with Gasteiger partial charge in [-0.05, 0) is 50.5 Å². The van der Waals surface area contributed by atoms with Crippen LogP contribution >= 0.6 is 0 Å². The molecule has 3 aromatic rings. The Hall–Kier alpha value is -2.95. The highest BCUT2D eigenvalue weighted by molar-refractivity contribution is 6.08. The molecule has 0 unspecified atom stereocenters. The van der Waals surface area contributed by atoms with Crippen molar-refractivity contribution in [2.24, 2.45) is 0 Å². The molecule has 0 N–H and O–H groups in total. The van der Waals surface area contributed by atoms with Crippen molar-refractivity contribution in [3.8, 4) is 16.8 Å². The maximum atomic E-state index is 12.9. The highest BCUT2D eigenvalue weighted by Crippen LogP contribution is 2.47. The summed E-state index contributed by atoms with van der Waals surface area (Å²) in [5, 5.41) is 4.51. The molecule has 5 nitrogen and oxygen atoms in total. The fraction of sp³-hybridized carbons (Fsp3) is 0.286. The number of benzene rings is 1. The molecule has 2 aromatic heterocycles. The van der Waals surface area contributed by atoms with E-state index in [0.717, 1.165) is 40.9 Å². The molecule has 3 heterocycles. The van der Waals surface area contributed by atoms with Crippen LogP contribution in [0.1, 0.15) is 32.3 Å². The van der Waals surface area contributed by atoms with Crippen LogP contribution in [0.2, 0.25) is 0 Å². The Balaban J connectivity index is 1.57. The molecule has 2 aliphatic rings. The molecule has 1 fully saturated rings. The molecule has 5 heteroatoms. The first-order valence-corrected chi connectivity index (χ1v) is 8.99. The van der Waals surface area contributed by atoms with Gasteiger partial charge in [0.1, 0.15) is 0 Å². The van der Waals surface area contributed by atoms with E-state index in [1.807, 2.05) is 60.2 Å². The zero-order chi connectivity index (χ0) is 17.9. The number of carbonyl (C=O) groups excluding carboxylic acids is 1. The van der Waals surface area contributed by atoms with Crippen molar-refractivity contribution < 1.29 is 4.79 Å². The topological polar surface area (TPSA) is 51.0 Å². The molecule has 0 bridgehead atoms. The standard InChI is InChI=1S/C21H20N4O/c1-21(2)18-8-7-17(10-19(18)25(20(21)26)16-5-6-16)24-13-15(12-23-24)14-4-3-9-22-11-14/h3-4,7-13,16H,5-6H2,1-2H3. The molecule has 0 spiro atoms. The second-order valence-electron chi connectivity index (χ2n) is 7.65. The van der Waals surface area contributed by atoms with Gasteiger partial charge < -0.3 is 4.90 Å². The van der Waals surface area contributed by atoms with E-state index >= 15 is 0 Å². The molecule has 1 aromatic carbocycles. The summed E-state index contributed by atoms with van der Waals surface area (Å²) in [4.78, 5) is 19.1. The molecule has 26 heavy (non-hydrogen) atoms. The third kappa shape index (κ3) is 2.20. The summed E-state index contributed by atoms with van der Waals surface area (Å²) in [7, 11) is 0. The van der Waals surface area contributed by atoms with Gasteiger partial charge >= 0.3 is 0 Å². The molecular weight excluding hydrogens is 324 g/mol. The third-order valence-electron chi connectivity index (χ3n) is 5.42. The van der Waals surface area contributed by atoms with Crippen LogP contribution in [-0.2, 0) is 10.2 Å². The van der Waals surface area contributed by atoms with Crippen molar-refractivity contribution in [2.75, 3.05) is 4.90 Å². The lowest BCUT2D eigenvalue weighted by atomic mass is 9.86. The second-order valence-corrected chi connectivity index (χ2v) is 7.65. The van der Waals surface area contributed by atoms with E-state index in [1.165, 1.54) is 0 Å². The lowest BCUT2D eigenvalue weighted by Crippen LogP contribution is -2.37. The van der Waals surface area contributed by atoms with Gasteiger partial charge in [0.2, 0.25) is 5.91 Å². The van der Waals surface area contributed by atoms with Gasteiger partial charge in [-0.2, -0.15) is 5.10 Å². The highest BCUT2D eigenvalue weighted by atomic mass is 16.2. The van der Waals surface area contributed by atoms with Gasteiger partial charge in [-0.3, -0.25) is 9.78 Å². The normalized spacial score (nSPS) is 18.2. The zero-order valence-electron chi connectivity index (χ0n) is 14.9. The van der Waals surface area contributed by atoms with Crippen molar-refractivity contribution in [1.29, 1.82) is 0 Å². The van der Waals surface area contributed by atoms with E-state index in [-0.39, 0.29) is 5.91 Å². The summed E-state index contributed by atoms with van der Waals surface area (Å²) in [6.45, 7) is 4.04. The Morgan fingerprint density at radius 1 is 1.12 bits per heavy atom. The molecular formula is C21H20N4O. The quantitative estimate of drug-likeness (QED) is 0.727. The number of pyridine rings is 1. The first kappa shape index (κ1) is 15.3. The first-order chi connectivity index (χ1) is 12.6. The minimum Gasteiger partial charge on any atom is -0.308 e. The number of hydrogen-bond donors (Lipinski definition) is 0. The number of anilines is 1. The van der Waals surface area contributed by atoms with E-state index < -0.39 is 5.41 Å². The van der Waals surface area contributed by atoms with Crippen molar-refractivity contribution in [3.63, 3.8) is 0 Å². The van der Waals surface area contributed by atoms with Crippen molar-refractivity contribution in [3.05, 3.63) is 60.7 Å². The number of aromatic nitrogens is 3. The van der Waals surface area contributed by atoms with Crippen LogP contribution in [0.3, 0.4) is 0 Å². The molecule has 0 radical (unpaired) electrons. The Morgan fingerprint density at radius 3 is 2.69 bits per heavy atom. The number of hydrogen-bond acceptors (Lipinski definition) is 3. The largest absolute Gasteiger partial charge is 0.308 e. The molecule has 1 aliphatic heterocycles. The summed E-state index contributed by atoms with van der Waals surface area (Å²) in [5.41, 5.74) is 4.72. The van der Waals surface area contributed by atoms with E-state index in [9.17, 15) is 4.79 Å². The zero-order valence-corrected chi connectivity index (χ0v) is 14.9. The van der Waals surface area contributed by atoms with Gasteiger partial charge in [0.15, 0.2) is 0 Å². The van der Waals surface area contributed by atoms with Gasteiger partial charge in [-0.1, -0.05) is 12.1 Å². The Bertz CT molecular complexity index is 1000. The first-order valence-electron chi connectivity index (χ1n) is 8.99. The number of amides is 1. The van der Waals surface area contributed by atoms with Crippen LogP contribution < -0.4 is 4.90 Å². The summed E-state index contributed by atoms with van der Waals surface area (Å²) >= 11 is 0. The monoisotopic (exact) mass is 344 g/mol. The minimum absolute atomic E-state index is 0.212. The molecule has 130 valence electrons. The fourth-order valence-corrected chi connectivity index (χ4v) is 3.76. The van der Waals surface area contributed by atoms with E-state index in [0.29, 0.717) is 6.04 Å². The Labute approximate surface area is 152 Å². The van der Waals surface area contributed by atoms with E-state index in [1.54, 1.807) is 6.20 Å². The molecule has 1 saturated carbocycles. The van der Waals surface area contributed by atoms with Crippen LogP contribution in [0.5, 0.6) is 0 Å². The van der Waals surface area contributed by atoms with Gasteiger partial charge in [-0.15, -0.1) is 0 Å². The van der Waals surface area contributed by atoms with Crippen molar-refractivity contribution in [2.45, 2.75) is 38.1 Å². The SMILES string of the molecule is CC1(C)C(=O)N(C2CC2)c2cc(-n3cc(-c4cccnc4)cn3)ccc21. The van der Waals surface area contributed by atoms with Crippen LogP contribution in [0, 0.1) is 0 Å². The molecule has 0 saturated heterocycles. The number of carbonyl (C=O) groups is 1. The van der Waals surface area contributed by atoms with Crippen LogP contribution in [0.25, 0.3) is 16.8 Å².